The molecule has 14 heavy (non-hydrogen) atoms. The first-order valence-electron chi connectivity index (χ1n) is 4.85. The molecular formula is C12H18O2. The quantitative estimate of drug-likeness (QED) is 0.733. The zero-order valence-electron chi connectivity index (χ0n) is 9.28. The molecule has 1 aromatic carbocycles. The fourth-order valence-corrected chi connectivity index (χ4v) is 1.59. The van der Waals surface area contributed by atoms with Crippen LogP contribution in [0.4, 0.5) is 0 Å². The Bertz CT molecular complexity index is 264. The normalized spacial score (nSPS) is 12.9. The van der Waals surface area contributed by atoms with E-state index in [-0.39, 0.29) is 6.10 Å². The van der Waals surface area contributed by atoms with Crippen LogP contribution in [-0.4, -0.2) is 14.2 Å². The van der Waals surface area contributed by atoms with Crippen LogP contribution in [0.3, 0.4) is 0 Å². The molecule has 1 atom stereocenters. The highest BCUT2D eigenvalue weighted by atomic mass is 16.5. The molecule has 0 saturated heterocycles. The van der Waals surface area contributed by atoms with E-state index in [9.17, 15) is 0 Å². The summed E-state index contributed by atoms with van der Waals surface area (Å²) in [7, 11) is 3.42. The van der Waals surface area contributed by atoms with Gasteiger partial charge in [-0.15, -0.1) is 0 Å². The standard InChI is InChI=1S/C12H18O2/c1-9(2)12(14-4)10-5-7-11(13-3)8-6-10/h5-9,12H,1-4H3. The molecule has 1 unspecified atom stereocenters. The third-order valence-corrected chi connectivity index (χ3v) is 2.30. The zero-order chi connectivity index (χ0) is 10.6. The summed E-state index contributed by atoms with van der Waals surface area (Å²) in [5.41, 5.74) is 1.20. The zero-order valence-corrected chi connectivity index (χ0v) is 9.28. The van der Waals surface area contributed by atoms with Gasteiger partial charge < -0.3 is 9.47 Å². The number of hydrogen-bond donors (Lipinski definition) is 0. The predicted molar refractivity (Wildman–Crippen MR) is 57.6 cm³/mol. The Morgan fingerprint density at radius 2 is 1.57 bits per heavy atom. The number of methoxy groups -OCH3 is 2. The first-order chi connectivity index (χ1) is 6.69. The van der Waals surface area contributed by atoms with Crippen molar-refractivity contribution in [2.45, 2.75) is 20.0 Å². The third kappa shape index (κ3) is 2.48. The van der Waals surface area contributed by atoms with Gasteiger partial charge in [0.05, 0.1) is 13.2 Å². The Labute approximate surface area is 85.8 Å². The van der Waals surface area contributed by atoms with Crippen LogP contribution < -0.4 is 4.74 Å². The highest BCUT2D eigenvalue weighted by Gasteiger charge is 2.14. The molecule has 1 rings (SSSR count). The van der Waals surface area contributed by atoms with Crippen molar-refractivity contribution in [2.75, 3.05) is 14.2 Å². The van der Waals surface area contributed by atoms with E-state index < -0.39 is 0 Å². The summed E-state index contributed by atoms with van der Waals surface area (Å²) in [4.78, 5) is 0. The Kier molecular flexibility index (Phi) is 3.96. The lowest BCUT2D eigenvalue weighted by Gasteiger charge is -2.19. The van der Waals surface area contributed by atoms with Gasteiger partial charge in [-0.2, -0.15) is 0 Å². The predicted octanol–water partition coefficient (Wildman–Crippen LogP) is 3.04. The van der Waals surface area contributed by atoms with Gasteiger partial charge in [-0.05, 0) is 23.6 Å². The summed E-state index contributed by atoms with van der Waals surface area (Å²) in [6, 6.07) is 8.02. The molecule has 0 saturated carbocycles. The van der Waals surface area contributed by atoms with Gasteiger partial charge in [-0.1, -0.05) is 26.0 Å². The highest BCUT2D eigenvalue weighted by molar-refractivity contribution is 5.28. The van der Waals surface area contributed by atoms with Crippen LogP contribution in [-0.2, 0) is 4.74 Å². The van der Waals surface area contributed by atoms with Gasteiger partial charge >= 0.3 is 0 Å². The Hall–Kier alpha value is -1.02. The van der Waals surface area contributed by atoms with Gasteiger partial charge in [0.2, 0.25) is 0 Å². The lowest BCUT2D eigenvalue weighted by Crippen LogP contribution is -2.08. The second-order valence-corrected chi connectivity index (χ2v) is 3.67. The van der Waals surface area contributed by atoms with Crippen molar-refractivity contribution in [1.82, 2.24) is 0 Å². The van der Waals surface area contributed by atoms with E-state index in [1.54, 1.807) is 14.2 Å². The smallest absolute Gasteiger partial charge is 0.118 e. The number of ether oxygens (including phenoxy) is 2. The summed E-state index contributed by atoms with van der Waals surface area (Å²) in [6.07, 6.45) is 0.168. The lowest BCUT2D eigenvalue weighted by atomic mass is 9.99. The minimum Gasteiger partial charge on any atom is -0.497 e. The second kappa shape index (κ2) is 5.01. The topological polar surface area (TPSA) is 18.5 Å². The van der Waals surface area contributed by atoms with Crippen LogP contribution in [0, 0.1) is 5.92 Å². The molecule has 1 aromatic rings. The first-order valence-corrected chi connectivity index (χ1v) is 4.85. The van der Waals surface area contributed by atoms with E-state index in [1.165, 1.54) is 5.56 Å². The van der Waals surface area contributed by atoms with Crippen LogP contribution in [0.2, 0.25) is 0 Å². The molecule has 0 spiro atoms. The number of benzene rings is 1. The molecule has 2 nitrogen and oxygen atoms in total. The first kappa shape index (κ1) is 11.1. The summed E-state index contributed by atoms with van der Waals surface area (Å²) in [6.45, 7) is 4.30. The van der Waals surface area contributed by atoms with Gasteiger partial charge in [-0.25, -0.2) is 0 Å². The molecular weight excluding hydrogens is 176 g/mol. The van der Waals surface area contributed by atoms with E-state index in [1.807, 2.05) is 24.3 Å². The average Bonchev–Trinajstić information content (AvgIpc) is 2.19. The Balaban J connectivity index is 2.84. The van der Waals surface area contributed by atoms with Gasteiger partial charge in [0, 0.05) is 7.11 Å². The summed E-state index contributed by atoms with van der Waals surface area (Å²) in [5.74, 6) is 1.36. The van der Waals surface area contributed by atoms with Crippen LogP contribution in [0.15, 0.2) is 24.3 Å². The SMILES string of the molecule is COc1ccc(C(OC)C(C)C)cc1. The van der Waals surface area contributed by atoms with Crippen molar-refractivity contribution in [3.8, 4) is 5.75 Å². The van der Waals surface area contributed by atoms with Crippen molar-refractivity contribution in [3.05, 3.63) is 29.8 Å². The fourth-order valence-electron chi connectivity index (χ4n) is 1.59. The van der Waals surface area contributed by atoms with E-state index in [4.69, 9.17) is 9.47 Å². The molecule has 0 radical (unpaired) electrons. The summed E-state index contributed by atoms with van der Waals surface area (Å²) < 4.78 is 10.5. The minimum absolute atomic E-state index is 0.168. The van der Waals surface area contributed by atoms with E-state index >= 15 is 0 Å². The van der Waals surface area contributed by atoms with E-state index in [2.05, 4.69) is 13.8 Å². The molecule has 0 fully saturated rings. The fraction of sp³-hybridized carbons (Fsp3) is 0.500. The van der Waals surface area contributed by atoms with Crippen LogP contribution in [0.1, 0.15) is 25.5 Å². The van der Waals surface area contributed by atoms with Crippen molar-refractivity contribution in [2.24, 2.45) is 5.92 Å². The van der Waals surface area contributed by atoms with Crippen molar-refractivity contribution >= 4 is 0 Å². The maximum atomic E-state index is 5.43. The van der Waals surface area contributed by atoms with Crippen LogP contribution >= 0.6 is 0 Å². The average molecular weight is 194 g/mol. The molecule has 0 N–H and O–H groups in total. The monoisotopic (exact) mass is 194 g/mol. The van der Waals surface area contributed by atoms with Crippen molar-refractivity contribution in [3.63, 3.8) is 0 Å². The molecule has 0 aromatic heterocycles. The molecule has 0 bridgehead atoms. The Morgan fingerprint density at radius 1 is 1.00 bits per heavy atom. The van der Waals surface area contributed by atoms with Crippen molar-refractivity contribution in [1.29, 1.82) is 0 Å². The second-order valence-electron chi connectivity index (χ2n) is 3.67. The van der Waals surface area contributed by atoms with Gasteiger partial charge in [-0.3, -0.25) is 0 Å². The lowest BCUT2D eigenvalue weighted by molar-refractivity contribution is 0.0646. The van der Waals surface area contributed by atoms with Crippen LogP contribution in [0.5, 0.6) is 5.75 Å². The Morgan fingerprint density at radius 3 is 1.93 bits per heavy atom. The molecule has 0 heterocycles. The van der Waals surface area contributed by atoms with Gasteiger partial charge in [0.1, 0.15) is 5.75 Å². The van der Waals surface area contributed by atoms with Gasteiger partial charge in [0.25, 0.3) is 0 Å². The van der Waals surface area contributed by atoms with E-state index in [0.717, 1.165) is 5.75 Å². The molecule has 2 heteroatoms. The highest BCUT2D eigenvalue weighted by Crippen LogP contribution is 2.26. The summed E-state index contributed by atoms with van der Waals surface area (Å²) in [5, 5.41) is 0. The van der Waals surface area contributed by atoms with Crippen LogP contribution in [0.25, 0.3) is 0 Å². The molecule has 78 valence electrons. The van der Waals surface area contributed by atoms with Gasteiger partial charge in [0.15, 0.2) is 0 Å². The largest absolute Gasteiger partial charge is 0.497 e. The third-order valence-electron chi connectivity index (χ3n) is 2.30. The van der Waals surface area contributed by atoms with E-state index in [0.29, 0.717) is 5.92 Å². The van der Waals surface area contributed by atoms with Crippen molar-refractivity contribution < 1.29 is 9.47 Å². The summed E-state index contributed by atoms with van der Waals surface area (Å²) >= 11 is 0. The minimum atomic E-state index is 0.168. The molecule has 0 amide bonds. The number of hydrogen-bond acceptors (Lipinski definition) is 2. The molecule has 0 aliphatic heterocycles. The molecule has 0 aliphatic carbocycles. The molecule has 0 aliphatic rings. The maximum absolute atomic E-state index is 5.43. The maximum Gasteiger partial charge on any atom is 0.118 e. The number of rotatable bonds is 4.